The van der Waals surface area contributed by atoms with Gasteiger partial charge in [-0.05, 0) is 30.9 Å². The quantitative estimate of drug-likeness (QED) is 0.728. The number of carbonyl (C=O) groups is 1. The van der Waals surface area contributed by atoms with Crippen LogP contribution in [0, 0.1) is 5.92 Å². The Morgan fingerprint density at radius 2 is 2.26 bits per heavy atom. The first-order valence-corrected chi connectivity index (χ1v) is 6.65. The SMILES string of the molecule is NC(=O)c1cc(N)cc(Cl)c1N1CCCC(CO)C1. The average molecular weight is 284 g/mol. The molecule has 104 valence electrons. The number of aliphatic hydroxyl groups is 1. The number of aliphatic hydroxyl groups excluding tert-OH is 1. The Hall–Kier alpha value is -1.46. The maximum atomic E-state index is 11.6. The molecule has 0 aliphatic carbocycles. The van der Waals surface area contributed by atoms with Crippen molar-refractivity contribution in [1.82, 2.24) is 0 Å². The number of primary amides is 1. The van der Waals surface area contributed by atoms with Crippen molar-refractivity contribution in [1.29, 1.82) is 0 Å². The maximum absolute atomic E-state index is 11.6. The van der Waals surface area contributed by atoms with Crippen molar-refractivity contribution in [2.45, 2.75) is 12.8 Å². The van der Waals surface area contributed by atoms with Crippen molar-refractivity contribution < 1.29 is 9.90 Å². The molecule has 5 N–H and O–H groups in total. The minimum Gasteiger partial charge on any atom is -0.399 e. The van der Waals surface area contributed by atoms with Gasteiger partial charge in [0.05, 0.1) is 16.3 Å². The summed E-state index contributed by atoms with van der Waals surface area (Å²) >= 11 is 6.21. The number of nitrogen functional groups attached to an aromatic ring is 1. The number of halogens is 1. The van der Waals surface area contributed by atoms with E-state index in [1.165, 1.54) is 0 Å². The predicted octanol–water partition coefficient (Wildman–Crippen LogP) is 1.23. The molecule has 1 aliphatic rings. The fourth-order valence-corrected chi connectivity index (χ4v) is 2.89. The van der Waals surface area contributed by atoms with Crippen molar-refractivity contribution in [2.75, 3.05) is 30.3 Å². The van der Waals surface area contributed by atoms with E-state index in [1.54, 1.807) is 12.1 Å². The standard InChI is InChI=1S/C13H18ClN3O2/c14-11-5-9(15)4-10(13(16)19)12(11)17-3-1-2-8(6-17)7-18/h4-5,8,18H,1-3,6-7,15H2,(H2,16,19). The Morgan fingerprint density at radius 3 is 2.89 bits per heavy atom. The molecule has 1 aromatic carbocycles. The van der Waals surface area contributed by atoms with E-state index in [4.69, 9.17) is 23.1 Å². The summed E-state index contributed by atoms with van der Waals surface area (Å²) in [6.45, 7) is 1.59. The van der Waals surface area contributed by atoms with Gasteiger partial charge in [0, 0.05) is 25.4 Å². The number of carbonyl (C=O) groups excluding carboxylic acids is 1. The zero-order chi connectivity index (χ0) is 14.0. The summed E-state index contributed by atoms with van der Waals surface area (Å²) in [6.07, 6.45) is 1.93. The van der Waals surface area contributed by atoms with Crippen molar-refractivity contribution in [3.63, 3.8) is 0 Å². The van der Waals surface area contributed by atoms with E-state index in [0.717, 1.165) is 19.4 Å². The summed E-state index contributed by atoms with van der Waals surface area (Å²) in [6, 6.07) is 3.16. The summed E-state index contributed by atoms with van der Waals surface area (Å²) in [4.78, 5) is 13.6. The fraction of sp³-hybridized carbons (Fsp3) is 0.462. The van der Waals surface area contributed by atoms with Crippen molar-refractivity contribution in [2.24, 2.45) is 11.7 Å². The summed E-state index contributed by atoms with van der Waals surface area (Å²) in [5.74, 6) is -0.349. The van der Waals surface area contributed by atoms with Crippen molar-refractivity contribution in [3.8, 4) is 0 Å². The van der Waals surface area contributed by atoms with Gasteiger partial charge in [0.15, 0.2) is 0 Å². The van der Waals surface area contributed by atoms with E-state index in [1.807, 2.05) is 4.90 Å². The van der Waals surface area contributed by atoms with Crippen LogP contribution in [0.3, 0.4) is 0 Å². The molecular formula is C13H18ClN3O2. The highest BCUT2D eigenvalue weighted by molar-refractivity contribution is 6.34. The van der Waals surface area contributed by atoms with Crippen LogP contribution in [0.5, 0.6) is 0 Å². The molecule has 1 unspecified atom stereocenters. The van der Waals surface area contributed by atoms with Gasteiger partial charge in [-0.15, -0.1) is 0 Å². The number of piperidine rings is 1. The van der Waals surface area contributed by atoms with Crippen LogP contribution >= 0.6 is 11.6 Å². The van der Waals surface area contributed by atoms with Gasteiger partial charge in [0.2, 0.25) is 0 Å². The van der Waals surface area contributed by atoms with Crippen LogP contribution in [0.1, 0.15) is 23.2 Å². The lowest BCUT2D eigenvalue weighted by atomic mass is 9.97. The van der Waals surface area contributed by atoms with Crippen LogP contribution in [0.25, 0.3) is 0 Å². The molecule has 5 nitrogen and oxygen atoms in total. The van der Waals surface area contributed by atoms with E-state index < -0.39 is 5.91 Å². The van der Waals surface area contributed by atoms with Crippen molar-refractivity contribution >= 4 is 28.9 Å². The van der Waals surface area contributed by atoms with E-state index in [2.05, 4.69) is 0 Å². The maximum Gasteiger partial charge on any atom is 0.250 e. The van der Waals surface area contributed by atoms with Gasteiger partial charge in [-0.25, -0.2) is 0 Å². The molecule has 1 fully saturated rings. The van der Waals surface area contributed by atoms with Gasteiger partial charge < -0.3 is 21.5 Å². The smallest absolute Gasteiger partial charge is 0.250 e. The number of benzene rings is 1. The normalized spacial score (nSPS) is 19.5. The zero-order valence-electron chi connectivity index (χ0n) is 10.6. The second-order valence-corrected chi connectivity index (χ2v) is 5.31. The largest absolute Gasteiger partial charge is 0.399 e. The third kappa shape index (κ3) is 2.93. The number of rotatable bonds is 3. The first kappa shape index (κ1) is 14.0. The van der Waals surface area contributed by atoms with Gasteiger partial charge in [0.25, 0.3) is 5.91 Å². The number of nitrogens with two attached hydrogens (primary N) is 2. The predicted molar refractivity (Wildman–Crippen MR) is 76.4 cm³/mol. The van der Waals surface area contributed by atoms with Gasteiger partial charge in [-0.2, -0.15) is 0 Å². The molecule has 0 aromatic heterocycles. The highest BCUT2D eigenvalue weighted by Crippen LogP contribution is 2.34. The summed E-state index contributed by atoms with van der Waals surface area (Å²) in [5, 5.41) is 9.70. The molecule has 1 heterocycles. The topological polar surface area (TPSA) is 92.6 Å². The molecule has 1 atom stereocenters. The molecule has 0 saturated carbocycles. The number of hydrogen-bond donors (Lipinski definition) is 3. The molecule has 2 rings (SSSR count). The summed E-state index contributed by atoms with van der Waals surface area (Å²) in [5.41, 5.74) is 12.5. The van der Waals surface area contributed by atoms with Crippen LogP contribution in [0.2, 0.25) is 5.02 Å². The fourth-order valence-electron chi connectivity index (χ4n) is 2.55. The molecule has 1 amide bonds. The van der Waals surface area contributed by atoms with E-state index in [9.17, 15) is 9.90 Å². The Bertz CT molecular complexity index is 493. The zero-order valence-corrected chi connectivity index (χ0v) is 11.4. The van der Waals surface area contributed by atoms with Gasteiger partial charge in [-0.3, -0.25) is 4.79 Å². The van der Waals surface area contributed by atoms with Gasteiger partial charge in [-0.1, -0.05) is 11.6 Å². The van der Waals surface area contributed by atoms with Crippen LogP contribution in [0.15, 0.2) is 12.1 Å². The molecule has 0 radical (unpaired) electrons. The lowest BCUT2D eigenvalue weighted by Gasteiger charge is -2.35. The lowest BCUT2D eigenvalue weighted by Crippen LogP contribution is -2.38. The van der Waals surface area contributed by atoms with Crippen LogP contribution in [-0.4, -0.2) is 30.7 Å². The highest BCUT2D eigenvalue weighted by atomic mass is 35.5. The molecule has 0 bridgehead atoms. The molecular weight excluding hydrogens is 266 g/mol. The average Bonchev–Trinajstić information content (AvgIpc) is 2.37. The van der Waals surface area contributed by atoms with Crippen molar-refractivity contribution in [3.05, 3.63) is 22.7 Å². The lowest BCUT2D eigenvalue weighted by molar-refractivity contribution is 0.100. The van der Waals surface area contributed by atoms with Crippen LogP contribution < -0.4 is 16.4 Å². The first-order valence-electron chi connectivity index (χ1n) is 6.27. The number of amides is 1. The monoisotopic (exact) mass is 283 g/mol. The Labute approximate surface area is 117 Å². The third-order valence-corrected chi connectivity index (χ3v) is 3.73. The number of nitrogens with zero attached hydrogens (tertiary/aromatic N) is 1. The number of hydrogen-bond acceptors (Lipinski definition) is 4. The molecule has 0 spiro atoms. The summed E-state index contributed by atoms with van der Waals surface area (Å²) < 4.78 is 0. The Kier molecular flexibility index (Phi) is 4.17. The Morgan fingerprint density at radius 1 is 1.53 bits per heavy atom. The molecule has 19 heavy (non-hydrogen) atoms. The van der Waals surface area contributed by atoms with Gasteiger partial charge in [0.1, 0.15) is 0 Å². The van der Waals surface area contributed by atoms with E-state index in [0.29, 0.717) is 28.5 Å². The Balaban J connectivity index is 2.40. The van der Waals surface area contributed by atoms with Gasteiger partial charge >= 0.3 is 0 Å². The van der Waals surface area contributed by atoms with Crippen LogP contribution in [-0.2, 0) is 0 Å². The summed E-state index contributed by atoms with van der Waals surface area (Å²) in [7, 11) is 0. The minimum absolute atomic E-state index is 0.134. The second kappa shape index (κ2) is 5.67. The van der Waals surface area contributed by atoms with Crippen LogP contribution in [0.4, 0.5) is 11.4 Å². The molecule has 1 aromatic rings. The molecule has 1 saturated heterocycles. The molecule has 1 aliphatic heterocycles. The second-order valence-electron chi connectivity index (χ2n) is 4.90. The molecule has 6 heteroatoms. The van der Waals surface area contributed by atoms with E-state index in [-0.39, 0.29) is 12.5 Å². The highest BCUT2D eigenvalue weighted by Gasteiger charge is 2.25. The first-order chi connectivity index (χ1) is 9.02. The number of anilines is 2. The minimum atomic E-state index is -0.546. The third-order valence-electron chi connectivity index (χ3n) is 3.44. The van der Waals surface area contributed by atoms with E-state index >= 15 is 0 Å².